The van der Waals surface area contributed by atoms with Crippen molar-refractivity contribution in [2.75, 3.05) is 12.8 Å². The molecular formula is C25H28O2P+. The molecule has 0 bridgehead atoms. The van der Waals surface area contributed by atoms with Gasteiger partial charge in [0.15, 0.2) is 5.79 Å². The Balaban J connectivity index is 1.79. The van der Waals surface area contributed by atoms with E-state index < -0.39 is 13.0 Å². The summed E-state index contributed by atoms with van der Waals surface area (Å²) in [7, 11) is -1.78. The lowest BCUT2D eigenvalue weighted by molar-refractivity contribution is -0.138. The van der Waals surface area contributed by atoms with Gasteiger partial charge in [-0.1, -0.05) is 54.6 Å². The molecule has 0 N–H and O–H groups in total. The first-order valence-electron chi connectivity index (χ1n) is 9.97. The largest absolute Gasteiger partial charge is 0.348 e. The van der Waals surface area contributed by atoms with Crippen molar-refractivity contribution in [1.29, 1.82) is 0 Å². The summed E-state index contributed by atoms with van der Waals surface area (Å²) < 4.78 is 12.0. The Kier molecular flexibility index (Phi) is 5.64. The van der Waals surface area contributed by atoms with Gasteiger partial charge in [-0.2, -0.15) is 0 Å². The Morgan fingerprint density at radius 3 is 1.54 bits per heavy atom. The maximum Gasteiger partial charge on any atom is 0.163 e. The molecule has 3 heteroatoms. The molecule has 1 heterocycles. The Labute approximate surface area is 168 Å². The van der Waals surface area contributed by atoms with Crippen LogP contribution in [0.5, 0.6) is 0 Å². The fraction of sp³-hybridized carbons (Fsp3) is 0.280. The van der Waals surface area contributed by atoms with Crippen LogP contribution in [0.15, 0.2) is 91.0 Å². The molecular weight excluding hydrogens is 363 g/mol. The molecule has 144 valence electrons. The Morgan fingerprint density at radius 2 is 1.18 bits per heavy atom. The van der Waals surface area contributed by atoms with Gasteiger partial charge in [0.25, 0.3) is 0 Å². The molecule has 3 aromatic rings. The second kappa shape index (κ2) is 8.17. The summed E-state index contributed by atoms with van der Waals surface area (Å²) in [6.45, 7) is 4.67. The van der Waals surface area contributed by atoms with Crippen molar-refractivity contribution >= 4 is 23.2 Å². The molecule has 0 saturated carbocycles. The van der Waals surface area contributed by atoms with Crippen LogP contribution in [0.4, 0.5) is 0 Å². The lowest BCUT2D eigenvalue weighted by atomic mass is 10.3. The molecule has 1 fully saturated rings. The van der Waals surface area contributed by atoms with E-state index in [1.54, 1.807) is 0 Å². The smallest absolute Gasteiger partial charge is 0.163 e. The van der Waals surface area contributed by atoms with Crippen LogP contribution in [-0.2, 0) is 9.47 Å². The second-order valence-electron chi connectivity index (χ2n) is 7.78. The highest BCUT2D eigenvalue weighted by molar-refractivity contribution is 7.95. The van der Waals surface area contributed by atoms with Crippen LogP contribution in [-0.4, -0.2) is 24.7 Å². The molecule has 1 aliphatic rings. The topological polar surface area (TPSA) is 18.5 Å². The molecule has 0 unspecified atom stereocenters. The van der Waals surface area contributed by atoms with E-state index in [0.29, 0.717) is 6.61 Å². The zero-order valence-electron chi connectivity index (χ0n) is 16.6. The highest BCUT2D eigenvalue weighted by Crippen LogP contribution is 2.56. The first kappa shape index (κ1) is 19.3. The summed E-state index contributed by atoms with van der Waals surface area (Å²) in [6, 6.07) is 33.0. The van der Waals surface area contributed by atoms with Gasteiger partial charge in [0.05, 0.1) is 18.9 Å². The third kappa shape index (κ3) is 3.91. The van der Waals surface area contributed by atoms with Crippen LogP contribution in [0.1, 0.15) is 20.3 Å². The number of hydrogen-bond acceptors (Lipinski definition) is 2. The molecule has 0 radical (unpaired) electrons. The predicted octanol–water partition coefficient (Wildman–Crippen LogP) is 4.52. The van der Waals surface area contributed by atoms with E-state index in [-0.39, 0.29) is 6.10 Å². The van der Waals surface area contributed by atoms with Gasteiger partial charge in [0.2, 0.25) is 0 Å². The first-order valence-corrected chi connectivity index (χ1v) is 11.9. The van der Waals surface area contributed by atoms with Crippen LogP contribution < -0.4 is 15.9 Å². The maximum atomic E-state index is 6.15. The molecule has 0 amide bonds. The Morgan fingerprint density at radius 1 is 0.750 bits per heavy atom. The molecule has 1 aliphatic heterocycles. The van der Waals surface area contributed by atoms with Crippen molar-refractivity contribution in [2.45, 2.75) is 32.2 Å². The average molecular weight is 391 g/mol. The van der Waals surface area contributed by atoms with E-state index >= 15 is 0 Å². The Bertz CT molecular complexity index is 782. The van der Waals surface area contributed by atoms with Crippen LogP contribution >= 0.6 is 7.26 Å². The van der Waals surface area contributed by atoms with Gasteiger partial charge in [0.1, 0.15) is 23.2 Å². The molecule has 1 atom stereocenters. The van der Waals surface area contributed by atoms with Crippen LogP contribution in [0, 0.1) is 0 Å². The standard InChI is InChI=1S/C25H28O2P/c1-25(2)26-20-21(27-25)18-19-28(22-12-6-3-7-13-22,23-14-8-4-9-15-23)24-16-10-5-11-17-24/h3-17,21H,18-20H2,1-2H3/q+1/t21-/m0/s1. The molecule has 28 heavy (non-hydrogen) atoms. The summed E-state index contributed by atoms with van der Waals surface area (Å²) in [5.41, 5.74) is 0. The first-order chi connectivity index (χ1) is 13.6. The lowest BCUT2D eigenvalue weighted by Crippen LogP contribution is -2.34. The fourth-order valence-electron chi connectivity index (χ4n) is 4.12. The maximum absolute atomic E-state index is 6.15. The summed E-state index contributed by atoms with van der Waals surface area (Å²) in [5.74, 6) is -0.474. The molecule has 0 spiro atoms. The highest BCUT2D eigenvalue weighted by atomic mass is 31.2. The van der Waals surface area contributed by atoms with Crippen molar-refractivity contribution in [1.82, 2.24) is 0 Å². The molecule has 0 aromatic heterocycles. The fourth-order valence-corrected chi connectivity index (χ4v) is 8.51. The molecule has 0 aliphatic carbocycles. The van der Waals surface area contributed by atoms with Crippen molar-refractivity contribution in [3.05, 3.63) is 91.0 Å². The number of benzene rings is 3. The zero-order valence-corrected chi connectivity index (χ0v) is 17.5. The van der Waals surface area contributed by atoms with E-state index in [9.17, 15) is 0 Å². The van der Waals surface area contributed by atoms with E-state index in [0.717, 1.165) is 12.6 Å². The zero-order chi connectivity index (χ0) is 19.5. The van der Waals surface area contributed by atoms with Gasteiger partial charge in [-0.15, -0.1) is 0 Å². The molecule has 3 aromatic carbocycles. The summed E-state index contributed by atoms with van der Waals surface area (Å²) in [5, 5.41) is 4.27. The minimum Gasteiger partial charge on any atom is -0.348 e. The van der Waals surface area contributed by atoms with Crippen molar-refractivity contribution < 1.29 is 9.47 Å². The lowest BCUT2D eigenvalue weighted by Gasteiger charge is -2.28. The average Bonchev–Trinajstić information content (AvgIpc) is 3.10. The highest BCUT2D eigenvalue weighted by Gasteiger charge is 2.46. The SMILES string of the molecule is CC1(C)OC[C@H](CC[P+](c2ccccc2)(c2ccccc2)c2ccccc2)O1. The van der Waals surface area contributed by atoms with Crippen LogP contribution in [0.3, 0.4) is 0 Å². The monoisotopic (exact) mass is 391 g/mol. The molecule has 4 rings (SSSR count). The van der Waals surface area contributed by atoms with Gasteiger partial charge in [-0.3, -0.25) is 0 Å². The van der Waals surface area contributed by atoms with Gasteiger partial charge in [-0.05, 0) is 50.2 Å². The van der Waals surface area contributed by atoms with Crippen LogP contribution in [0.25, 0.3) is 0 Å². The van der Waals surface area contributed by atoms with E-state index in [4.69, 9.17) is 9.47 Å². The Hall–Kier alpha value is -1.99. The summed E-state index contributed by atoms with van der Waals surface area (Å²) in [4.78, 5) is 0. The summed E-state index contributed by atoms with van der Waals surface area (Å²) >= 11 is 0. The number of ether oxygens (including phenoxy) is 2. The van der Waals surface area contributed by atoms with Crippen LogP contribution in [0.2, 0.25) is 0 Å². The normalized spacial score (nSPS) is 18.9. The van der Waals surface area contributed by atoms with Crippen molar-refractivity contribution in [2.24, 2.45) is 0 Å². The second-order valence-corrected chi connectivity index (χ2v) is 11.4. The van der Waals surface area contributed by atoms with E-state index in [2.05, 4.69) is 91.0 Å². The third-order valence-corrected chi connectivity index (χ3v) is 9.91. The molecule has 2 nitrogen and oxygen atoms in total. The van der Waals surface area contributed by atoms with Crippen molar-refractivity contribution in [3.63, 3.8) is 0 Å². The predicted molar refractivity (Wildman–Crippen MR) is 120 cm³/mol. The minimum absolute atomic E-state index is 0.144. The van der Waals surface area contributed by atoms with Gasteiger partial charge < -0.3 is 9.47 Å². The van der Waals surface area contributed by atoms with Gasteiger partial charge in [-0.25, -0.2) is 0 Å². The van der Waals surface area contributed by atoms with Crippen molar-refractivity contribution in [3.8, 4) is 0 Å². The van der Waals surface area contributed by atoms with E-state index in [1.807, 2.05) is 13.8 Å². The van der Waals surface area contributed by atoms with Gasteiger partial charge in [0, 0.05) is 6.42 Å². The quantitative estimate of drug-likeness (QED) is 0.575. The minimum atomic E-state index is -1.78. The number of hydrogen-bond donors (Lipinski definition) is 0. The van der Waals surface area contributed by atoms with E-state index in [1.165, 1.54) is 15.9 Å². The molecule has 1 saturated heterocycles. The number of rotatable bonds is 6. The van der Waals surface area contributed by atoms with Gasteiger partial charge >= 0.3 is 0 Å². The third-order valence-electron chi connectivity index (χ3n) is 5.44. The summed E-state index contributed by atoms with van der Waals surface area (Å²) in [6.07, 6.45) is 2.19.